The summed E-state index contributed by atoms with van der Waals surface area (Å²) in [6.45, 7) is 12.0. The second-order valence-electron chi connectivity index (χ2n) is 6.26. The lowest BCUT2D eigenvalue weighted by Crippen LogP contribution is -2.24. The smallest absolute Gasteiger partial charge is 0.0708 e. The maximum Gasteiger partial charge on any atom is 0.0708 e. The molecule has 1 aromatic heterocycles. The van der Waals surface area contributed by atoms with Gasteiger partial charge in [-0.2, -0.15) is 0 Å². The van der Waals surface area contributed by atoms with Crippen LogP contribution in [0.3, 0.4) is 0 Å². The van der Waals surface area contributed by atoms with Gasteiger partial charge in [0.2, 0.25) is 0 Å². The van der Waals surface area contributed by atoms with Crippen molar-refractivity contribution in [2.24, 2.45) is 0 Å². The Hall–Kier alpha value is -1.41. The molecule has 0 radical (unpaired) electrons. The standard InChI is InChI=1S/C19H28N2/c1-6-14(5)20-12-16-11-19(13(3)4)21-18-9-8-15(7-2)10-17(16)18/h8-11,13-14,20H,6-7,12H2,1-5H3. The molecule has 0 fully saturated rings. The van der Waals surface area contributed by atoms with Crippen molar-refractivity contribution >= 4 is 10.9 Å². The lowest BCUT2D eigenvalue weighted by molar-refractivity contribution is 0.535. The first-order valence-corrected chi connectivity index (χ1v) is 8.21. The third kappa shape index (κ3) is 3.82. The molecule has 2 aromatic rings. The van der Waals surface area contributed by atoms with Gasteiger partial charge in [-0.3, -0.25) is 4.98 Å². The molecule has 0 aliphatic rings. The first kappa shape index (κ1) is 16.0. The van der Waals surface area contributed by atoms with Crippen molar-refractivity contribution in [3.05, 3.63) is 41.1 Å². The molecule has 2 nitrogen and oxygen atoms in total. The van der Waals surface area contributed by atoms with Crippen molar-refractivity contribution in [1.29, 1.82) is 0 Å². The first-order valence-electron chi connectivity index (χ1n) is 8.21. The molecule has 1 unspecified atom stereocenters. The molecule has 0 spiro atoms. The fraction of sp³-hybridized carbons (Fsp3) is 0.526. The quantitative estimate of drug-likeness (QED) is 0.823. The van der Waals surface area contributed by atoms with E-state index in [1.165, 1.54) is 22.2 Å². The maximum absolute atomic E-state index is 4.83. The van der Waals surface area contributed by atoms with Gasteiger partial charge in [0.25, 0.3) is 0 Å². The van der Waals surface area contributed by atoms with Gasteiger partial charge in [-0.05, 0) is 55.0 Å². The number of aromatic nitrogens is 1. The minimum atomic E-state index is 0.461. The van der Waals surface area contributed by atoms with E-state index in [2.05, 4.69) is 64.2 Å². The molecule has 2 heteroatoms. The average molecular weight is 284 g/mol. The van der Waals surface area contributed by atoms with Crippen LogP contribution in [0.15, 0.2) is 24.3 Å². The van der Waals surface area contributed by atoms with Crippen molar-refractivity contribution in [3.63, 3.8) is 0 Å². The number of hydrogen-bond acceptors (Lipinski definition) is 2. The number of pyridine rings is 1. The maximum atomic E-state index is 4.83. The Bertz CT molecular complexity index is 602. The van der Waals surface area contributed by atoms with Gasteiger partial charge < -0.3 is 5.32 Å². The Morgan fingerprint density at radius 1 is 1.10 bits per heavy atom. The van der Waals surface area contributed by atoms with Gasteiger partial charge in [-0.1, -0.05) is 33.8 Å². The van der Waals surface area contributed by atoms with E-state index in [1.807, 2.05) is 0 Å². The molecule has 0 amide bonds. The fourth-order valence-corrected chi connectivity index (χ4v) is 2.46. The number of hydrogen-bond donors (Lipinski definition) is 1. The largest absolute Gasteiger partial charge is 0.310 e. The molecule has 114 valence electrons. The lowest BCUT2D eigenvalue weighted by Gasteiger charge is -2.16. The highest BCUT2D eigenvalue weighted by molar-refractivity contribution is 5.83. The van der Waals surface area contributed by atoms with Gasteiger partial charge >= 0.3 is 0 Å². The van der Waals surface area contributed by atoms with Crippen LogP contribution < -0.4 is 5.32 Å². The molecular formula is C19H28N2. The first-order chi connectivity index (χ1) is 10.0. The molecule has 1 N–H and O–H groups in total. The molecule has 0 saturated carbocycles. The summed E-state index contributed by atoms with van der Waals surface area (Å²) in [5.74, 6) is 0.461. The highest BCUT2D eigenvalue weighted by Crippen LogP contribution is 2.24. The Labute approximate surface area is 129 Å². The van der Waals surface area contributed by atoms with Gasteiger partial charge in [0.05, 0.1) is 5.52 Å². The average Bonchev–Trinajstić information content (AvgIpc) is 2.51. The van der Waals surface area contributed by atoms with E-state index in [4.69, 9.17) is 4.98 Å². The molecule has 0 bridgehead atoms. The number of nitrogens with zero attached hydrogens (tertiary/aromatic N) is 1. The van der Waals surface area contributed by atoms with Gasteiger partial charge in [-0.15, -0.1) is 0 Å². The molecule has 0 aliphatic heterocycles. The molecule has 1 heterocycles. The van der Waals surface area contributed by atoms with E-state index in [1.54, 1.807) is 0 Å². The van der Waals surface area contributed by atoms with Crippen molar-refractivity contribution in [2.45, 2.75) is 66.0 Å². The summed E-state index contributed by atoms with van der Waals surface area (Å²) in [4.78, 5) is 4.83. The molecule has 2 rings (SSSR count). The monoisotopic (exact) mass is 284 g/mol. The number of fused-ring (bicyclic) bond motifs is 1. The Balaban J connectivity index is 2.46. The van der Waals surface area contributed by atoms with Crippen LogP contribution in [0, 0.1) is 0 Å². The Morgan fingerprint density at radius 3 is 2.48 bits per heavy atom. The number of benzene rings is 1. The summed E-state index contributed by atoms with van der Waals surface area (Å²) < 4.78 is 0. The van der Waals surface area contributed by atoms with Gasteiger partial charge in [0, 0.05) is 23.7 Å². The summed E-state index contributed by atoms with van der Waals surface area (Å²) in [6, 6.07) is 9.50. The van der Waals surface area contributed by atoms with E-state index >= 15 is 0 Å². The van der Waals surface area contributed by atoms with Crippen LogP contribution in [0.1, 0.15) is 63.8 Å². The predicted octanol–water partition coefficient (Wildman–Crippen LogP) is 4.81. The predicted molar refractivity (Wildman–Crippen MR) is 91.8 cm³/mol. The zero-order valence-electron chi connectivity index (χ0n) is 14.0. The lowest BCUT2D eigenvalue weighted by atomic mass is 10.00. The van der Waals surface area contributed by atoms with Crippen LogP contribution >= 0.6 is 0 Å². The van der Waals surface area contributed by atoms with Crippen molar-refractivity contribution < 1.29 is 0 Å². The zero-order valence-corrected chi connectivity index (χ0v) is 14.0. The number of aryl methyl sites for hydroxylation is 1. The van der Waals surface area contributed by atoms with Crippen LogP contribution in [0.2, 0.25) is 0 Å². The van der Waals surface area contributed by atoms with E-state index in [0.717, 1.165) is 24.9 Å². The van der Waals surface area contributed by atoms with Crippen LogP contribution in [0.5, 0.6) is 0 Å². The molecule has 1 atom stereocenters. The summed E-state index contributed by atoms with van der Waals surface area (Å²) in [5, 5.41) is 4.92. The fourth-order valence-electron chi connectivity index (χ4n) is 2.46. The van der Waals surface area contributed by atoms with Crippen molar-refractivity contribution in [1.82, 2.24) is 10.3 Å². The minimum Gasteiger partial charge on any atom is -0.310 e. The SMILES string of the molecule is CCc1ccc2nc(C(C)C)cc(CNC(C)CC)c2c1. The van der Waals surface area contributed by atoms with Gasteiger partial charge in [0.1, 0.15) is 0 Å². The van der Waals surface area contributed by atoms with Crippen molar-refractivity contribution in [3.8, 4) is 0 Å². The van der Waals surface area contributed by atoms with Crippen LogP contribution in [0.4, 0.5) is 0 Å². The van der Waals surface area contributed by atoms with Gasteiger partial charge in [-0.25, -0.2) is 0 Å². The normalized spacial score (nSPS) is 13.0. The molecule has 21 heavy (non-hydrogen) atoms. The Morgan fingerprint density at radius 2 is 1.86 bits per heavy atom. The molecule has 0 saturated heterocycles. The van der Waals surface area contributed by atoms with E-state index in [0.29, 0.717) is 12.0 Å². The second kappa shape index (κ2) is 7.04. The van der Waals surface area contributed by atoms with E-state index in [9.17, 15) is 0 Å². The van der Waals surface area contributed by atoms with Crippen LogP contribution in [0.25, 0.3) is 10.9 Å². The summed E-state index contributed by atoms with van der Waals surface area (Å²) >= 11 is 0. The highest BCUT2D eigenvalue weighted by atomic mass is 14.9. The third-order valence-corrected chi connectivity index (χ3v) is 4.23. The Kier molecular flexibility index (Phi) is 5.35. The highest BCUT2D eigenvalue weighted by Gasteiger charge is 2.10. The zero-order chi connectivity index (χ0) is 15.4. The van der Waals surface area contributed by atoms with Crippen molar-refractivity contribution in [2.75, 3.05) is 0 Å². The summed E-state index contributed by atoms with van der Waals surface area (Å²) in [5.41, 5.74) is 5.07. The van der Waals surface area contributed by atoms with E-state index < -0.39 is 0 Å². The summed E-state index contributed by atoms with van der Waals surface area (Å²) in [7, 11) is 0. The topological polar surface area (TPSA) is 24.9 Å². The minimum absolute atomic E-state index is 0.461. The van der Waals surface area contributed by atoms with Crippen LogP contribution in [-0.4, -0.2) is 11.0 Å². The third-order valence-electron chi connectivity index (χ3n) is 4.23. The molecule has 0 aliphatic carbocycles. The van der Waals surface area contributed by atoms with E-state index in [-0.39, 0.29) is 0 Å². The second-order valence-corrected chi connectivity index (χ2v) is 6.26. The summed E-state index contributed by atoms with van der Waals surface area (Å²) in [6.07, 6.45) is 2.22. The number of rotatable bonds is 6. The van der Waals surface area contributed by atoms with Crippen LogP contribution in [-0.2, 0) is 13.0 Å². The molecule has 1 aromatic carbocycles. The molecular weight excluding hydrogens is 256 g/mol. The van der Waals surface area contributed by atoms with Gasteiger partial charge in [0.15, 0.2) is 0 Å². The number of nitrogens with one attached hydrogen (secondary N) is 1.